The van der Waals surface area contributed by atoms with E-state index in [0.29, 0.717) is 6.61 Å². The third kappa shape index (κ3) is 2.10. The molecule has 0 amide bonds. The minimum absolute atomic E-state index is 0.0560. The van der Waals surface area contributed by atoms with Crippen molar-refractivity contribution >= 4 is 0 Å². The van der Waals surface area contributed by atoms with E-state index in [4.69, 9.17) is 4.74 Å². The van der Waals surface area contributed by atoms with Gasteiger partial charge in [-0.1, -0.05) is 0 Å². The van der Waals surface area contributed by atoms with Gasteiger partial charge >= 0.3 is 5.69 Å². The summed E-state index contributed by atoms with van der Waals surface area (Å²) in [6, 6.07) is 0.982. The summed E-state index contributed by atoms with van der Waals surface area (Å²) in [5.74, 6) is -0.320. The standard InChI is InChI=1S/C9H12N2O4/c12-7-4-8(13)11(9(14)10-7)5-6-2-1-3-15-6/h4,6,13H,1-3,5H2,(H,10,12,14). The van der Waals surface area contributed by atoms with Gasteiger partial charge in [-0.15, -0.1) is 0 Å². The molecule has 0 bridgehead atoms. The number of aromatic nitrogens is 2. The first-order valence-electron chi connectivity index (χ1n) is 4.81. The zero-order chi connectivity index (χ0) is 10.8. The predicted molar refractivity (Wildman–Crippen MR) is 52.0 cm³/mol. The summed E-state index contributed by atoms with van der Waals surface area (Å²) in [6.45, 7) is 0.963. The molecular formula is C9H12N2O4. The summed E-state index contributed by atoms with van der Waals surface area (Å²) in [4.78, 5) is 24.3. The average Bonchev–Trinajstić information content (AvgIpc) is 2.63. The number of rotatable bonds is 2. The van der Waals surface area contributed by atoms with Crippen molar-refractivity contribution in [2.24, 2.45) is 0 Å². The number of hydrogen-bond acceptors (Lipinski definition) is 4. The molecule has 1 aliphatic rings. The molecule has 2 rings (SSSR count). The first kappa shape index (κ1) is 9.97. The molecule has 1 aromatic rings. The van der Waals surface area contributed by atoms with Gasteiger partial charge in [-0.05, 0) is 12.8 Å². The van der Waals surface area contributed by atoms with Gasteiger partial charge in [-0.2, -0.15) is 0 Å². The smallest absolute Gasteiger partial charge is 0.331 e. The Kier molecular flexibility index (Phi) is 2.59. The maximum absolute atomic E-state index is 11.3. The Morgan fingerprint density at radius 2 is 2.40 bits per heavy atom. The van der Waals surface area contributed by atoms with Gasteiger partial charge in [-0.25, -0.2) is 4.79 Å². The topological polar surface area (TPSA) is 84.3 Å². The quantitative estimate of drug-likeness (QED) is 0.687. The Morgan fingerprint density at radius 3 is 3.00 bits per heavy atom. The first-order valence-corrected chi connectivity index (χ1v) is 4.81. The third-order valence-electron chi connectivity index (χ3n) is 2.42. The van der Waals surface area contributed by atoms with E-state index in [2.05, 4.69) is 4.98 Å². The number of nitrogens with zero attached hydrogens (tertiary/aromatic N) is 1. The van der Waals surface area contributed by atoms with Crippen molar-refractivity contribution in [3.05, 3.63) is 26.9 Å². The summed E-state index contributed by atoms with van der Waals surface area (Å²) in [6.07, 6.45) is 1.77. The van der Waals surface area contributed by atoms with E-state index < -0.39 is 11.2 Å². The van der Waals surface area contributed by atoms with Gasteiger partial charge in [0.2, 0.25) is 5.88 Å². The van der Waals surface area contributed by atoms with Crippen LogP contribution in [0.5, 0.6) is 5.88 Å². The molecule has 0 aromatic carbocycles. The van der Waals surface area contributed by atoms with Crippen LogP contribution in [0.15, 0.2) is 15.7 Å². The fraction of sp³-hybridized carbons (Fsp3) is 0.556. The van der Waals surface area contributed by atoms with Crippen LogP contribution in [0.1, 0.15) is 12.8 Å². The zero-order valence-corrected chi connectivity index (χ0v) is 8.10. The molecule has 1 unspecified atom stereocenters. The van der Waals surface area contributed by atoms with Crippen LogP contribution in [0.25, 0.3) is 0 Å². The van der Waals surface area contributed by atoms with Crippen LogP contribution in [0.3, 0.4) is 0 Å². The van der Waals surface area contributed by atoms with Crippen molar-refractivity contribution in [3.8, 4) is 5.88 Å². The van der Waals surface area contributed by atoms with E-state index in [1.54, 1.807) is 0 Å². The van der Waals surface area contributed by atoms with Gasteiger partial charge in [0.05, 0.1) is 18.7 Å². The first-order chi connectivity index (χ1) is 7.16. The Bertz CT molecular complexity index is 456. The maximum Gasteiger partial charge on any atom is 0.331 e. The molecule has 1 aromatic heterocycles. The summed E-state index contributed by atoms with van der Waals surface area (Å²) in [5.41, 5.74) is -1.20. The Balaban J connectivity index is 2.27. The van der Waals surface area contributed by atoms with Crippen LogP contribution in [-0.2, 0) is 11.3 Å². The van der Waals surface area contributed by atoms with Crippen molar-refractivity contribution in [2.75, 3.05) is 6.61 Å². The number of aromatic hydroxyl groups is 1. The molecule has 1 aliphatic heterocycles. The molecule has 2 N–H and O–H groups in total. The second kappa shape index (κ2) is 3.90. The normalized spacial score (nSPS) is 20.7. The Labute approximate surface area is 85.1 Å². The SMILES string of the molecule is O=c1cc(O)n(CC2CCCO2)c(=O)[nH]1. The van der Waals surface area contributed by atoms with Crippen LogP contribution in [0.4, 0.5) is 0 Å². The molecule has 82 valence electrons. The van der Waals surface area contributed by atoms with Crippen LogP contribution < -0.4 is 11.2 Å². The molecule has 6 nitrogen and oxygen atoms in total. The summed E-state index contributed by atoms with van der Waals surface area (Å²) in [7, 11) is 0. The van der Waals surface area contributed by atoms with E-state index in [1.807, 2.05) is 0 Å². The molecule has 1 fully saturated rings. The maximum atomic E-state index is 11.3. The van der Waals surface area contributed by atoms with Gasteiger partial charge in [0.25, 0.3) is 5.56 Å². The minimum atomic E-state index is -0.601. The van der Waals surface area contributed by atoms with Crippen LogP contribution in [0, 0.1) is 0 Å². The summed E-state index contributed by atoms with van der Waals surface area (Å²) >= 11 is 0. The molecule has 0 spiro atoms. The molecule has 2 heterocycles. The molecule has 0 saturated carbocycles. The highest BCUT2D eigenvalue weighted by Gasteiger charge is 2.18. The van der Waals surface area contributed by atoms with Gasteiger partial charge in [0.15, 0.2) is 0 Å². The predicted octanol–water partition coefficient (Wildman–Crippen LogP) is -0.579. The van der Waals surface area contributed by atoms with Crippen molar-refractivity contribution in [3.63, 3.8) is 0 Å². The van der Waals surface area contributed by atoms with E-state index in [-0.39, 0.29) is 18.5 Å². The number of aromatic amines is 1. The fourth-order valence-electron chi connectivity index (χ4n) is 1.68. The highest BCUT2D eigenvalue weighted by molar-refractivity contribution is 5.06. The number of H-pyrrole nitrogens is 1. The van der Waals surface area contributed by atoms with Gasteiger partial charge < -0.3 is 9.84 Å². The highest BCUT2D eigenvalue weighted by Crippen LogP contribution is 2.14. The number of ether oxygens (including phenoxy) is 1. The third-order valence-corrected chi connectivity index (χ3v) is 2.42. The number of nitrogens with one attached hydrogen (secondary N) is 1. The monoisotopic (exact) mass is 212 g/mol. The van der Waals surface area contributed by atoms with E-state index in [0.717, 1.165) is 23.5 Å². The molecular weight excluding hydrogens is 200 g/mol. The second-order valence-electron chi connectivity index (χ2n) is 3.54. The molecule has 1 saturated heterocycles. The Hall–Kier alpha value is -1.56. The molecule has 1 atom stereocenters. The van der Waals surface area contributed by atoms with Crippen molar-refractivity contribution in [1.29, 1.82) is 0 Å². The van der Waals surface area contributed by atoms with Gasteiger partial charge in [0.1, 0.15) is 0 Å². The largest absolute Gasteiger partial charge is 0.494 e. The van der Waals surface area contributed by atoms with Crippen molar-refractivity contribution in [1.82, 2.24) is 9.55 Å². The van der Waals surface area contributed by atoms with Gasteiger partial charge in [-0.3, -0.25) is 14.3 Å². The highest BCUT2D eigenvalue weighted by atomic mass is 16.5. The summed E-state index contributed by atoms with van der Waals surface area (Å²) < 4.78 is 6.44. The minimum Gasteiger partial charge on any atom is -0.494 e. The second-order valence-corrected chi connectivity index (χ2v) is 3.54. The lowest BCUT2D eigenvalue weighted by molar-refractivity contribution is 0.0934. The molecule has 6 heteroatoms. The zero-order valence-electron chi connectivity index (χ0n) is 8.10. The lowest BCUT2D eigenvalue weighted by Crippen LogP contribution is -2.32. The molecule has 0 radical (unpaired) electrons. The number of hydrogen-bond donors (Lipinski definition) is 2. The average molecular weight is 212 g/mol. The van der Waals surface area contributed by atoms with Crippen LogP contribution in [-0.4, -0.2) is 27.4 Å². The fourth-order valence-corrected chi connectivity index (χ4v) is 1.68. The van der Waals surface area contributed by atoms with Gasteiger partial charge in [0, 0.05) is 6.61 Å². The lowest BCUT2D eigenvalue weighted by Gasteiger charge is -2.12. The van der Waals surface area contributed by atoms with Crippen LogP contribution in [0.2, 0.25) is 0 Å². The van der Waals surface area contributed by atoms with E-state index in [9.17, 15) is 14.7 Å². The summed E-state index contributed by atoms with van der Waals surface area (Å²) in [5, 5.41) is 9.42. The Morgan fingerprint density at radius 1 is 1.60 bits per heavy atom. The lowest BCUT2D eigenvalue weighted by atomic mass is 10.2. The van der Waals surface area contributed by atoms with Crippen molar-refractivity contribution < 1.29 is 9.84 Å². The van der Waals surface area contributed by atoms with E-state index >= 15 is 0 Å². The molecule has 15 heavy (non-hydrogen) atoms. The van der Waals surface area contributed by atoms with E-state index in [1.165, 1.54) is 0 Å². The van der Waals surface area contributed by atoms with Crippen molar-refractivity contribution in [2.45, 2.75) is 25.5 Å². The molecule has 0 aliphatic carbocycles. The van der Waals surface area contributed by atoms with Crippen LogP contribution >= 0.6 is 0 Å².